The van der Waals surface area contributed by atoms with Crippen molar-refractivity contribution >= 4 is 28.0 Å². The van der Waals surface area contributed by atoms with Crippen molar-refractivity contribution in [3.8, 4) is 11.1 Å². The van der Waals surface area contributed by atoms with E-state index in [1.54, 1.807) is 12.4 Å². The third-order valence-corrected chi connectivity index (χ3v) is 5.17. The first-order valence-electron chi connectivity index (χ1n) is 9.74. The van der Waals surface area contributed by atoms with Gasteiger partial charge in [-0.1, -0.05) is 42.5 Å². The molecule has 0 saturated heterocycles. The molecule has 5 aromatic rings. The molecule has 0 aliphatic carbocycles. The molecule has 0 radical (unpaired) electrons. The Balaban J connectivity index is 1.50. The number of nitrogens with two attached hydrogens (primary N) is 1. The second kappa shape index (κ2) is 7.44. The zero-order valence-corrected chi connectivity index (χ0v) is 16.2. The number of hydrogen-bond acceptors (Lipinski definition) is 6. The van der Waals surface area contributed by atoms with Crippen LogP contribution in [0.1, 0.15) is 12.2 Å². The van der Waals surface area contributed by atoms with Crippen molar-refractivity contribution in [1.82, 2.24) is 19.5 Å². The van der Waals surface area contributed by atoms with E-state index >= 15 is 0 Å². The molecule has 0 fully saturated rings. The molecule has 0 aliphatic rings. The molecule has 0 amide bonds. The van der Waals surface area contributed by atoms with Gasteiger partial charge in [0.15, 0.2) is 11.5 Å². The molecule has 0 saturated carbocycles. The number of anilines is 1. The Morgan fingerprint density at radius 1 is 0.967 bits per heavy atom. The van der Waals surface area contributed by atoms with Crippen molar-refractivity contribution in [1.29, 1.82) is 0 Å². The Kier molecular flexibility index (Phi) is 4.48. The maximum absolute atomic E-state index is 13.2. The van der Waals surface area contributed by atoms with Gasteiger partial charge in [0, 0.05) is 13.0 Å². The summed E-state index contributed by atoms with van der Waals surface area (Å²) in [6.07, 6.45) is 4.50. The lowest BCUT2D eigenvalue weighted by Crippen LogP contribution is -2.10. The van der Waals surface area contributed by atoms with Gasteiger partial charge in [-0.05, 0) is 24.1 Å². The monoisotopic (exact) mass is 397 g/mol. The molecule has 2 N–H and O–H groups in total. The van der Waals surface area contributed by atoms with Crippen molar-refractivity contribution in [3.05, 3.63) is 83.2 Å². The van der Waals surface area contributed by atoms with Crippen LogP contribution in [0.2, 0.25) is 0 Å². The van der Waals surface area contributed by atoms with E-state index in [0.29, 0.717) is 52.2 Å². The molecule has 5 rings (SSSR count). The van der Waals surface area contributed by atoms with Crippen LogP contribution in [-0.4, -0.2) is 19.5 Å². The molecule has 0 aliphatic heterocycles. The number of imidazole rings is 1. The molecule has 7 nitrogen and oxygen atoms in total. The van der Waals surface area contributed by atoms with Gasteiger partial charge in [0.1, 0.15) is 23.2 Å². The van der Waals surface area contributed by atoms with Crippen LogP contribution in [0.15, 0.2) is 76.5 Å². The summed E-state index contributed by atoms with van der Waals surface area (Å²) in [7, 11) is 0. The third-order valence-electron chi connectivity index (χ3n) is 5.17. The third kappa shape index (κ3) is 3.10. The summed E-state index contributed by atoms with van der Waals surface area (Å²) in [4.78, 5) is 25.8. The van der Waals surface area contributed by atoms with Crippen LogP contribution in [-0.2, 0) is 13.0 Å². The lowest BCUT2D eigenvalue weighted by atomic mass is 10.00. The summed E-state index contributed by atoms with van der Waals surface area (Å²) in [5, 5.41) is 0.591. The standard InChI is InChI=1S/C23H19N5O2/c24-22-20-23(26-13-25-22)28(14-27-20)12-6-11-18-19(15-7-2-1-3-8-15)21(29)16-9-4-5-10-17(16)30-18/h1-5,7-10,13-14H,6,11-12H2,(H2,24,25,26). The van der Waals surface area contributed by atoms with Crippen molar-refractivity contribution in [2.45, 2.75) is 19.4 Å². The topological polar surface area (TPSA) is 99.8 Å². The van der Waals surface area contributed by atoms with E-state index in [9.17, 15) is 4.79 Å². The Hall–Kier alpha value is -4.00. The highest BCUT2D eigenvalue weighted by Gasteiger charge is 2.16. The van der Waals surface area contributed by atoms with Crippen LogP contribution in [0.4, 0.5) is 5.82 Å². The summed E-state index contributed by atoms with van der Waals surface area (Å²) >= 11 is 0. The largest absolute Gasteiger partial charge is 0.460 e. The maximum Gasteiger partial charge on any atom is 0.200 e. The van der Waals surface area contributed by atoms with Gasteiger partial charge in [-0.15, -0.1) is 0 Å². The average Bonchev–Trinajstić information content (AvgIpc) is 3.19. The van der Waals surface area contributed by atoms with Gasteiger partial charge in [-0.3, -0.25) is 4.79 Å². The van der Waals surface area contributed by atoms with E-state index in [1.807, 2.05) is 53.1 Å². The van der Waals surface area contributed by atoms with Crippen molar-refractivity contribution in [3.63, 3.8) is 0 Å². The molecule has 0 bridgehead atoms. The summed E-state index contributed by atoms with van der Waals surface area (Å²) in [6.45, 7) is 0.664. The zero-order chi connectivity index (χ0) is 20.5. The number of aryl methyl sites for hydroxylation is 2. The minimum Gasteiger partial charge on any atom is -0.460 e. The second-order valence-corrected chi connectivity index (χ2v) is 7.06. The van der Waals surface area contributed by atoms with E-state index in [1.165, 1.54) is 6.33 Å². The van der Waals surface area contributed by atoms with Crippen molar-refractivity contribution in [2.75, 3.05) is 5.73 Å². The van der Waals surface area contributed by atoms with Gasteiger partial charge in [0.2, 0.25) is 5.43 Å². The first-order valence-corrected chi connectivity index (χ1v) is 9.74. The Labute approximate surface area is 171 Å². The van der Waals surface area contributed by atoms with E-state index < -0.39 is 0 Å². The highest BCUT2D eigenvalue weighted by atomic mass is 16.3. The van der Waals surface area contributed by atoms with Crippen LogP contribution in [0.3, 0.4) is 0 Å². The fourth-order valence-electron chi connectivity index (χ4n) is 3.73. The van der Waals surface area contributed by atoms with Crippen LogP contribution in [0.5, 0.6) is 0 Å². The minimum atomic E-state index is -0.00774. The minimum absolute atomic E-state index is 0.00774. The number of nitrogen functional groups attached to an aromatic ring is 1. The van der Waals surface area contributed by atoms with Crippen LogP contribution < -0.4 is 11.2 Å². The lowest BCUT2D eigenvalue weighted by Gasteiger charge is -2.11. The number of rotatable bonds is 5. The molecule has 0 atom stereocenters. The number of nitrogens with zero attached hydrogens (tertiary/aromatic N) is 4. The highest BCUT2D eigenvalue weighted by Crippen LogP contribution is 2.26. The molecular weight excluding hydrogens is 378 g/mol. The van der Waals surface area contributed by atoms with Gasteiger partial charge in [-0.2, -0.15) is 0 Å². The molecule has 3 heterocycles. The summed E-state index contributed by atoms with van der Waals surface area (Å²) in [5.41, 5.74) is 9.24. The second-order valence-electron chi connectivity index (χ2n) is 7.06. The summed E-state index contributed by atoms with van der Waals surface area (Å²) in [6, 6.07) is 17.0. The first-order chi connectivity index (χ1) is 14.7. The summed E-state index contributed by atoms with van der Waals surface area (Å²) in [5.74, 6) is 1.05. The first kappa shape index (κ1) is 18.1. The normalized spacial score (nSPS) is 11.3. The quantitative estimate of drug-likeness (QED) is 0.484. The van der Waals surface area contributed by atoms with Gasteiger partial charge in [-0.25, -0.2) is 15.0 Å². The predicted molar refractivity (Wildman–Crippen MR) is 116 cm³/mol. The summed E-state index contributed by atoms with van der Waals surface area (Å²) < 4.78 is 8.12. The van der Waals surface area contributed by atoms with Crippen LogP contribution in [0, 0.1) is 0 Å². The molecule has 148 valence electrons. The molecule has 30 heavy (non-hydrogen) atoms. The number of fused-ring (bicyclic) bond motifs is 2. The van der Waals surface area contributed by atoms with Crippen molar-refractivity contribution < 1.29 is 4.42 Å². The maximum atomic E-state index is 13.2. The number of aromatic nitrogens is 4. The van der Waals surface area contributed by atoms with E-state index in [2.05, 4.69) is 15.0 Å². The molecule has 7 heteroatoms. The lowest BCUT2D eigenvalue weighted by molar-refractivity contribution is 0.514. The zero-order valence-electron chi connectivity index (χ0n) is 16.2. The number of hydrogen-bond donors (Lipinski definition) is 1. The SMILES string of the molecule is Nc1ncnc2c1ncn2CCCc1oc2ccccc2c(=O)c1-c1ccccc1. The Morgan fingerprint density at radius 3 is 2.63 bits per heavy atom. The van der Waals surface area contributed by atoms with Gasteiger partial charge < -0.3 is 14.7 Å². The van der Waals surface area contributed by atoms with Gasteiger partial charge in [0.25, 0.3) is 0 Å². The van der Waals surface area contributed by atoms with E-state index in [-0.39, 0.29) is 5.43 Å². The van der Waals surface area contributed by atoms with Crippen LogP contribution >= 0.6 is 0 Å². The van der Waals surface area contributed by atoms with Gasteiger partial charge in [0.05, 0.1) is 17.3 Å². The number of benzene rings is 2. The van der Waals surface area contributed by atoms with E-state index in [0.717, 1.165) is 12.0 Å². The smallest absolute Gasteiger partial charge is 0.200 e. The molecular formula is C23H19N5O2. The predicted octanol–water partition coefficient (Wildman–Crippen LogP) is 3.81. The fraction of sp³-hybridized carbons (Fsp3) is 0.130. The molecule has 0 unspecified atom stereocenters. The highest BCUT2D eigenvalue weighted by molar-refractivity contribution is 5.83. The Bertz CT molecular complexity index is 1410. The molecule has 3 aromatic heterocycles. The number of para-hydroxylation sites is 1. The molecule has 0 spiro atoms. The Morgan fingerprint density at radius 2 is 1.77 bits per heavy atom. The fourth-order valence-corrected chi connectivity index (χ4v) is 3.73. The molecule has 2 aromatic carbocycles. The van der Waals surface area contributed by atoms with Crippen LogP contribution in [0.25, 0.3) is 33.3 Å². The van der Waals surface area contributed by atoms with Gasteiger partial charge >= 0.3 is 0 Å². The van der Waals surface area contributed by atoms with Crippen molar-refractivity contribution in [2.24, 2.45) is 0 Å². The van der Waals surface area contributed by atoms with E-state index in [4.69, 9.17) is 10.2 Å². The average molecular weight is 397 g/mol.